The van der Waals surface area contributed by atoms with Gasteiger partial charge in [-0.3, -0.25) is 0 Å². The monoisotopic (exact) mass is 496 g/mol. The molecule has 2 heterocycles. The molecule has 0 bridgehead atoms. The van der Waals surface area contributed by atoms with Crippen LogP contribution in [0.3, 0.4) is 0 Å². The van der Waals surface area contributed by atoms with Crippen LogP contribution in [0.15, 0.2) is 12.7 Å². The van der Waals surface area contributed by atoms with E-state index in [2.05, 4.69) is 40.4 Å². The summed E-state index contributed by atoms with van der Waals surface area (Å²) >= 11 is 0. The second-order valence-corrected chi connectivity index (χ2v) is 14.6. The number of amides is 1. The van der Waals surface area contributed by atoms with Gasteiger partial charge in [-0.05, 0) is 77.8 Å². The third-order valence-corrected chi connectivity index (χ3v) is 7.20. The molecule has 0 aromatic carbocycles. The van der Waals surface area contributed by atoms with Crippen molar-refractivity contribution in [1.29, 1.82) is 0 Å². The van der Waals surface area contributed by atoms with Gasteiger partial charge in [0.05, 0.1) is 12.6 Å². The molecule has 196 valence electrons. The predicted molar refractivity (Wildman–Crippen MR) is 138 cm³/mol. The summed E-state index contributed by atoms with van der Waals surface area (Å²) in [6.07, 6.45) is 6.56. The number of ether oxygens (including phenoxy) is 2. The van der Waals surface area contributed by atoms with Gasteiger partial charge >= 0.3 is 12.1 Å². The summed E-state index contributed by atoms with van der Waals surface area (Å²) in [6.45, 7) is 22.0. The zero-order valence-corrected chi connectivity index (χ0v) is 24.0. The molecule has 2 rings (SSSR count). The number of esters is 1. The highest BCUT2D eigenvalue weighted by Gasteiger charge is 2.58. The van der Waals surface area contributed by atoms with E-state index in [0.717, 1.165) is 25.7 Å². The number of carbonyl (C=O) groups is 2. The van der Waals surface area contributed by atoms with E-state index in [9.17, 15) is 9.59 Å². The summed E-state index contributed by atoms with van der Waals surface area (Å²) in [5, 5.41) is 1.91. The molecule has 0 N–H and O–H groups in total. The lowest BCUT2D eigenvalue weighted by Gasteiger charge is -2.40. The largest absolute Gasteiger partial charge is 0.464 e. The van der Waals surface area contributed by atoms with Gasteiger partial charge in [-0.15, -0.1) is 6.58 Å². The SMILES string of the molecule is C=CC1CC(C2(C(=O)OCCCCC(C)(C)C)CCCN2O[SiH](C)C)CN1C(=O)OC(C)(C)C. The zero-order valence-electron chi connectivity index (χ0n) is 22.8. The van der Waals surface area contributed by atoms with Gasteiger partial charge in [0.2, 0.25) is 0 Å². The standard InChI is InChI=1S/C26H48N2O5Si/c1-10-21-18-20(19-27(21)23(30)32-25(5,6)7)26(15-13-16-28(26)33-34(8)9)22(29)31-17-12-11-14-24(2,3)4/h10,20-21,34H,1,11-19H2,2-9H3. The molecule has 0 radical (unpaired) electrons. The predicted octanol–water partition coefficient (Wildman–Crippen LogP) is 5.31. The first kappa shape index (κ1) is 28.9. The molecular weight excluding hydrogens is 448 g/mol. The summed E-state index contributed by atoms with van der Waals surface area (Å²) in [7, 11) is -1.44. The highest BCUT2D eigenvalue weighted by atomic mass is 28.3. The Bertz CT molecular complexity index is 715. The molecule has 0 aromatic rings. The van der Waals surface area contributed by atoms with Crippen molar-refractivity contribution >= 4 is 21.1 Å². The highest BCUT2D eigenvalue weighted by Crippen LogP contribution is 2.44. The van der Waals surface area contributed by atoms with E-state index in [1.165, 1.54) is 0 Å². The fraction of sp³-hybridized carbons (Fsp3) is 0.846. The number of carbonyl (C=O) groups excluding carboxylic acids is 2. The fourth-order valence-corrected chi connectivity index (χ4v) is 5.81. The van der Waals surface area contributed by atoms with Crippen molar-refractivity contribution in [3.8, 4) is 0 Å². The Labute approximate surface area is 208 Å². The summed E-state index contributed by atoms with van der Waals surface area (Å²) in [5.74, 6) is -0.324. The maximum Gasteiger partial charge on any atom is 0.410 e. The Morgan fingerprint density at radius 2 is 1.82 bits per heavy atom. The average Bonchev–Trinajstić information content (AvgIpc) is 3.29. The lowest BCUT2D eigenvalue weighted by Crippen LogP contribution is -2.58. The zero-order chi connectivity index (χ0) is 25.7. The first-order valence-corrected chi connectivity index (χ1v) is 15.7. The molecule has 2 fully saturated rings. The van der Waals surface area contributed by atoms with E-state index < -0.39 is 20.2 Å². The van der Waals surface area contributed by atoms with Gasteiger partial charge in [0, 0.05) is 19.0 Å². The number of nitrogens with zero attached hydrogens (tertiary/aromatic N) is 2. The van der Waals surface area contributed by atoms with Gasteiger partial charge in [-0.25, -0.2) is 9.59 Å². The molecule has 2 saturated heterocycles. The van der Waals surface area contributed by atoms with Crippen LogP contribution in [0.4, 0.5) is 4.79 Å². The molecule has 1 amide bonds. The van der Waals surface area contributed by atoms with Gasteiger partial charge in [0.1, 0.15) is 11.1 Å². The van der Waals surface area contributed by atoms with Crippen LogP contribution < -0.4 is 0 Å². The number of unbranched alkanes of at least 4 members (excludes halogenated alkanes) is 1. The number of rotatable bonds is 9. The molecule has 0 aliphatic carbocycles. The van der Waals surface area contributed by atoms with Crippen molar-refractivity contribution in [2.45, 2.75) is 110 Å². The van der Waals surface area contributed by atoms with Crippen molar-refractivity contribution in [2.75, 3.05) is 19.7 Å². The normalized spacial score (nSPS) is 26.2. The molecule has 3 unspecified atom stereocenters. The van der Waals surface area contributed by atoms with Crippen molar-refractivity contribution in [1.82, 2.24) is 9.96 Å². The summed E-state index contributed by atoms with van der Waals surface area (Å²) < 4.78 is 17.9. The van der Waals surface area contributed by atoms with Crippen molar-refractivity contribution in [2.24, 2.45) is 11.3 Å². The van der Waals surface area contributed by atoms with Crippen LogP contribution in [-0.4, -0.2) is 67.9 Å². The number of hydroxylamine groups is 2. The molecule has 2 aliphatic rings. The van der Waals surface area contributed by atoms with Gasteiger partial charge in [-0.2, -0.15) is 5.06 Å². The molecular formula is C26H48N2O5Si. The van der Waals surface area contributed by atoms with Crippen LogP contribution in [0.1, 0.15) is 80.1 Å². The molecule has 3 atom stereocenters. The van der Waals surface area contributed by atoms with E-state index in [-0.39, 0.29) is 29.4 Å². The van der Waals surface area contributed by atoms with E-state index in [4.69, 9.17) is 14.0 Å². The van der Waals surface area contributed by atoms with E-state index >= 15 is 0 Å². The van der Waals surface area contributed by atoms with Crippen molar-refractivity contribution < 1.29 is 23.6 Å². The van der Waals surface area contributed by atoms with Crippen LogP contribution in [0.5, 0.6) is 0 Å². The molecule has 0 saturated carbocycles. The Morgan fingerprint density at radius 1 is 1.15 bits per heavy atom. The third-order valence-electron chi connectivity index (χ3n) is 6.53. The third kappa shape index (κ3) is 7.56. The smallest absolute Gasteiger partial charge is 0.410 e. The topological polar surface area (TPSA) is 68.3 Å². The molecule has 34 heavy (non-hydrogen) atoms. The molecule has 0 spiro atoms. The Balaban J connectivity index is 2.21. The minimum atomic E-state index is -1.44. The molecule has 2 aliphatic heterocycles. The second-order valence-electron chi connectivity index (χ2n) is 12.3. The number of hydrogen-bond donors (Lipinski definition) is 0. The van der Waals surface area contributed by atoms with E-state index in [1.54, 1.807) is 11.0 Å². The maximum absolute atomic E-state index is 13.7. The van der Waals surface area contributed by atoms with Crippen LogP contribution >= 0.6 is 0 Å². The molecule has 8 heteroatoms. The van der Waals surface area contributed by atoms with Crippen LogP contribution in [0, 0.1) is 11.3 Å². The van der Waals surface area contributed by atoms with Crippen LogP contribution in [0.2, 0.25) is 13.1 Å². The van der Waals surface area contributed by atoms with Crippen molar-refractivity contribution in [3.63, 3.8) is 0 Å². The minimum Gasteiger partial charge on any atom is -0.464 e. The number of likely N-dealkylation sites (tertiary alicyclic amines) is 1. The van der Waals surface area contributed by atoms with Gasteiger partial charge in [-0.1, -0.05) is 26.8 Å². The maximum atomic E-state index is 13.7. The van der Waals surface area contributed by atoms with Crippen LogP contribution in [-0.2, 0) is 18.8 Å². The Hall–Kier alpha value is -1.38. The van der Waals surface area contributed by atoms with Crippen molar-refractivity contribution in [3.05, 3.63) is 12.7 Å². The quantitative estimate of drug-likeness (QED) is 0.187. The summed E-state index contributed by atoms with van der Waals surface area (Å²) in [4.78, 5) is 28.4. The highest BCUT2D eigenvalue weighted by molar-refractivity contribution is 6.48. The second kappa shape index (κ2) is 11.6. The van der Waals surface area contributed by atoms with Gasteiger partial charge in [0.25, 0.3) is 0 Å². The van der Waals surface area contributed by atoms with Gasteiger partial charge < -0.3 is 18.9 Å². The number of hydrogen-bond acceptors (Lipinski definition) is 6. The Kier molecular flexibility index (Phi) is 9.82. The minimum absolute atomic E-state index is 0.111. The van der Waals surface area contributed by atoms with Crippen LogP contribution in [0.25, 0.3) is 0 Å². The lowest BCUT2D eigenvalue weighted by molar-refractivity contribution is -0.190. The summed E-state index contributed by atoms with van der Waals surface area (Å²) in [6, 6.07) is -0.185. The van der Waals surface area contributed by atoms with E-state index in [1.807, 2.05) is 25.8 Å². The first-order valence-electron chi connectivity index (χ1n) is 12.9. The molecule has 7 nitrogen and oxygen atoms in total. The fourth-order valence-electron chi connectivity index (χ4n) is 5.01. The van der Waals surface area contributed by atoms with E-state index in [0.29, 0.717) is 32.5 Å². The van der Waals surface area contributed by atoms with Gasteiger partial charge in [0.15, 0.2) is 9.04 Å². The Morgan fingerprint density at radius 3 is 2.38 bits per heavy atom. The lowest BCUT2D eigenvalue weighted by atomic mass is 9.80. The first-order chi connectivity index (χ1) is 15.7. The average molecular weight is 497 g/mol. The summed E-state index contributed by atoms with van der Waals surface area (Å²) in [5.41, 5.74) is -1.19. The molecule has 0 aromatic heterocycles.